The van der Waals surface area contributed by atoms with Gasteiger partial charge in [0.25, 0.3) is 0 Å². The number of hydrogen-bond donors (Lipinski definition) is 1. The molecule has 0 saturated heterocycles. The third-order valence-electron chi connectivity index (χ3n) is 2.83. The molecule has 0 aliphatic carbocycles. The summed E-state index contributed by atoms with van der Waals surface area (Å²) in [6.45, 7) is 8.95. The Kier molecular flexibility index (Phi) is 5.53. The number of hydrogen-bond acceptors (Lipinski definition) is 2. The third-order valence-corrected chi connectivity index (χ3v) is 2.83. The van der Waals surface area contributed by atoms with E-state index in [2.05, 4.69) is 37.3 Å². The van der Waals surface area contributed by atoms with Gasteiger partial charge in [0.15, 0.2) is 0 Å². The maximum atomic E-state index is 4.43. The Bertz CT molecular complexity index is 291. The van der Waals surface area contributed by atoms with Crippen LogP contribution in [0.4, 0.5) is 0 Å². The van der Waals surface area contributed by atoms with Gasteiger partial charge in [0.1, 0.15) is 0 Å². The van der Waals surface area contributed by atoms with Crippen molar-refractivity contribution in [3.63, 3.8) is 0 Å². The summed E-state index contributed by atoms with van der Waals surface area (Å²) in [6.07, 6.45) is 4.31. The van der Waals surface area contributed by atoms with E-state index in [4.69, 9.17) is 0 Å². The maximum absolute atomic E-state index is 4.43. The molecule has 1 aromatic heterocycles. The van der Waals surface area contributed by atoms with E-state index in [1.165, 1.54) is 12.1 Å². The number of aromatic nitrogens is 2. The molecule has 3 nitrogen and oxygen atoms in total. The van der Waals surface area contributed by atoms with Crippen molar-refractivity contribution >= 4 is 0 Å². The highest BCUT2D eigenvalue weighted by Crippen LogP contribution is 2.09. The van der Waals surface area contributed by atoms with Gasteiger partial charge in [-0.25, -0.2) is 0 Å². The van der Waals surface area contributed by atoms with Gasteiger partial charge in [0, 0.05) is 13.2 Å². The van der Waals surface area contributed by atoms with Gasteiger partial charge in [0.05, 0.1) is 5.69 Å². The van der Waals surface area contributed by atoms with Crippen LogP contribution in [0.2, 0.25) is 0 Å². The highest BCUT2D eigenvalue weighted by Gasteiger charge is 2.09. The van der Waals surface area contributed by atoms with Crippen LogP contribution in [0.1, 0.15) is 32.9 Å². The van der Waals surface area contributed by atoms with Gasteiger partial charge in [0.2, 0.25) is 0 Å². The molecule has 0 aromatic carbocycles. The fraction of sp³-hybridized carbons (Fsp3) is 0.769. The number of nitrogens with zero attached hydrogens (tertiary/aromatic N) is 2. The first-order chi connectivity index (χ1) is 7.61. The predicted octanol–water partition coefficient (Wildman–Crippen LogP) is 2.23. The molecule has 0 bridgehead atoms. The van der Waals surface area contributed by atoms with Crippen LogP contribution in [0, 0.1) is 11.8 Å². The van der Waals surface area contributed by atoms with E-state index in [9.17, 15) is 0 Å². The Morgan fingerprint density at radius 2 is 2.12 bits per heavy atom. The lowest BCUT2D eigenvalue weighted by molar-refractivity contribution is 0.433. The first-order valence-electron chi connectivity index (χ1n) is 6.31. The van der Waals surface area contributed by atoms with Gasteiger partial charge in [-0.1, -0.05) is 27.2 Å². The molecule has 0 aliphatic rings. The predicted molar refractivity (Wildman–Crippen MR) is 68.4 cm³/mol. The molecule has 0 amide bonds. The van der Waals surface area contributed by atoms with E-state index >= 15 is 0 Å². The first-order valence-corrected chi connectivity index (χ1v) is 6.31. The summed E-state index contributed by atoms with van der Waals surface area (Å²) in [4.78, 5) is 0. The highest BCUT2D eigenvalue weighted by molar-refractivity contribution is 5.00. The summed E-state index contributed by atoms with van der Waals surface area (Å²) in [5.74, 6) is 1.43. The molecule has 1 atom stereocenters. The molecule has 92 valence electrons. The fourth-order valence-electron chi connectivity index (χ4n) is 1.80. The molecular formula is C13H25N3. The minimum Gasteiger partial charge on any atom is -0.316 e. The van der Waals surface area contributed by atoms with Gasteiger partial charge in [-0.15, -0.1) is 0 Å². The quantitative estimate of drug-likeness (QED) is 0.768. The summed E-state index contributed by atoms with van der Waals surface area (Å²) < 4.78 is 1.88. The fourth-order valence-corrected chi connectivity index (χ4v) is 1.80. The summed E-state index contributed by atoms with van der Waals surface area (Å²) >= 11 is 0. The van der Waals surface area contributed by atoms with E-state index in [1.54, 1.807) is 0 Å². The van der Waals surface area contributed by atoms with Crippen molar-refractivity contribution in [3.05, 3.63) is 18.0 Å². The van der Waals surface area contributed by atoms with Crippen molar-refractivity contribution in [2.45, 2.75) is 33.6 Å². The van der Waals surface area contributed by atoms with Gasteiger partial charge in [-0.05, 0) is 37.4 Å². The molecule has 1 heterocycles. The topological polar surface area (TPSA) is 29.9 Å². The summed E-state index contributed by atoms with van der Waals surface area (Å²) in [6, 6.07) is 2.12. The normalized spacial score (nSPS) is 13.3. The van der Waals surface area contributed by atoms with Crippen molar-refractivity contribution in [3.8, 4) is 0 Å². The second-order valence-electron chi connectivity index (χ2n) is 5.01. The van der Waals surface area contributed by atoms with Gasteiger partial charge >= 0.3 is 0 Å². The van der Waals surface area contributed by atoms with Crippen molar-refractivity contribution in [1.82, 2.24) is 15.1 Å². The molecule has 3 heteroatoms. The van der Waals surface area contributed by atoms with E-state index in [0.717, 1.165) is 25.4 Å². The summed E-state index contributed by atoms with van der Waals surface area (Å²) in [5, 5.41) is 7.96. The molecule has 1 N–H and O–H groups in total. The van der Waals surface area contributed by atoms with E-state index in [1.807, 2.05) is 17.9 Å². The zero-order valence-corrected chi connectivity index (χ0v) is 11.0. The molecule has 0 fully saturated rings. The maximum Gasteiger partial charge on any atom is 0.0627 e. The lowest BCUT2D eigenvalue weighted by atomic mass is 10.0. The van der Waals surface area contributed by atoms with Crippen molar-refractivity contribution in [1.29, 1.82) is 0 Å². The number of aryl methyl sites for hydroxylation is 1. The molecular weight excluding hydrogens is 198 g/mol. The minimum absolute atomic E-state index is 0.702. The lowest BCUT2D eigenvalue weighted by Crippen LogP contribution is -2.27. The molecule has 0 radical (unpaired) electrons. The number of rotatable bonds is 7. The van der Waals surface area contributed by atoms with Crippen LogP contribution in [0.25, 0.3) is 0 Å². The second-order valence-corrected chi connectivity index (χ2v) is 5.01. The van der Waals surface area contributed by atoms with Crippen LogP contribution in [0.15, 0.2) is 12.3 Å². The highest BCUT2D eigenvalue weighted by atomic mass is 15.2. The molecule has 0 aliphatic heterocycles. The van der Waals surface area contributed by atoms with Gasteiger partial charge < -0.3 is 5.32 Å². The lowest BCUT2D eigenvalue weighted by Gasteiger charge is -2.15. The van der Waals surface area contributed by atoms with Crippen LogP contribution in [-0.4, -0.2) is 22.9 Å². The smallest absolute Gasteiger partial charge is 0.0627 e. The van der Waals surface area contributed by atoms with Crippen molar-refractivity contribution < 1.29 is 0 Å². The van der Waals surface area contributed by atoms with Crippen molar-refractivity contribution in [2.24, 2.45) is 18.9 Å². The zero-order valence-electron chi connectivity index (χ0n) is 11.0. The summed E-state index contributed by atoms with van der Waals surface area (Å²) in [5.41, 5.74) is 1.21. The van der Waals surface area contributed by atoms with E-state index in [-0.39, 0.29) is 0 Å². The molecule has 1 unspecified atom stereocenters. The Morgan fingerprint density at radius 1 is 1.38 bits per heavy atom. The SMILES string of the molecule is CCC(CNCC(C)C)Cc1ccn(C)n1. The zero-order chi connectivity index (χ0) is 12.0. The second kappa shape index (κ2) is 6.69. The third kappa shape index (κ3) is 4.79. The largest absolute Gasteiger partial charge is 0.316 e. The van der Waals surface area contributed by atoms with E-state index in [0.29, 0.717) is 5.92 Å². The van der Waals surface area contributed by atoms with Crippen LogP contribution in [0.3, 0.4) is 0 Å². The average molecular weight is 223 g/mol. The molecule has 1 aromatic rings. The number of nitrogens with one attached hydrogen (secondary N) is 1. The Labute approximate surface area is 99.2 Å². The van der Waals surface area contributed by atoms with Crippen LogP contribution in [-0.2, 0) is 13.5 Å². The molecule has 0 spiro atoms. The molecule has 1 rings (SSSR count). The first kappa shape index (κ1) is 13.2. The van der Waals surface area contributed by atoms with E-state index < -0.39 is 0 Å². The van der Waals surface area contributed by atoms with Crippen LogP contribution in [0.5, 0.6) is 0 Å². The Balaban J connectivity index is 2.31. The summed E-state index contributed by atoms with van der Waals surface area (Å²) in [7, 11) is 1.97. The minimum atomic E-state index is 0.702. The Morgan fingerprint density at radius 3 is 2.62 bits per heavy atom. The van der Waals surface area contributed by atoms with Crippen LogP contribution < -0.4 is 5.32 Å². The van der Waals surface area contributed by atoms with Crippen LogP contribution >= 0.6 is 0 Å². The van der Waals surface area contributed by atoms with Crippen molar-refractivity contribution in [2.75, 3.05) is 13.1 Å². The monoisotopic (exact) mass is 223 g/mol. The standard InChI is InChI=1S/C13H25N3/c1-5-12(10-14-9-11(2)3)8-13-6-7-16(4)15-13/h6-7,11-12,14H,5,8-10H2,1-4H3. The molecule has 0 saturated carbocycles. The Hall–Kier alpha value is -0.830. The molecule has 16 heavy (non-hydrogen) atoms. The van der Waals surface area contributed by atoms with Gasteiger partial charge in [-0.2, -0.15) is 5.10 Å². The van der Waals surface area contributed by atoms with Gasteiger partial charge in [-0.3, -0.25) is 4.68 Å². The average Bonchev–Trinajstić information content (AvgIpc) is 2.62.